The molecule has 1 aliphatic heterocycles. The summed E-state index contributed by atoms with van der Waals surface area (Å²) >= 11 is 3.40. The van der Waals surface area contributed by atoms with Crippen molar-refractivity contribution < 1.29 is 4.79 Å². The van der Waals surface area contributed by atoms with Gasteiger partial charge in [0.15, 0.2) is 0 Å². The van der Waals surface area contributed by atoms with Crippen molar-refractivity contribution in [2.45, 2.75) is 24.2 Å². The van der Waals surface area contributed by atoms with E-state index in [-0.39, 0.29) is 10.7 Å². The summed E-state index contributed by atoms with van der Waals surface area (Å²) in [5.41, 5.74) is 0.951. The van der Waals surface area contributed by atoms with Crippen LogP contribution in [-0.2, 0) is 18.4 Å². The Bertz CT molecular complexity index is 363. The molecular weight excluding hydrogens is 258 g/mol. The molecule has 82 valence electrons. The van der Waals surface area contributed by atoms with Crippen LogP contribution in [0.15, 0.2) is 12.3 Å². The summed E-state index contributed by atoms with van der Waals surface area (Å²) in [7, 11) is 1.88. The van der Waals surface area contributed by atoms with Gasteiger partial charge in [0.2, 0.25) is 5.91 Å². The molecule has 2 heterocycles. The third kappa shape index (κ3) is 2.40. The van der Waals surface area contributed by atoms with Crippen LogP contribution in [0.2, 0.25) is 0 Å². The van der Waals surface area contributed by atoms with Gasteiger partial charge in [-0.15, -0.1) is 0 Å². The summed E-state index contributed by atoms with van der Waals surface area (Å²) in [6, 6.07) is 1.95. The number of carbonyl (C=O) groups excluding carboxylic acids is 1. The van der Waals surface area contributed by atoms with Crippen LogP contribution in [0.4, 0.5) is 0 Å². The fourth-order valence-electron chi connectivity index (χ4n) is 1.79. The Morgan fingerprint density at radius 3 is 3.13 bits per heavy atom. The van der Waals surface area contributed by atoms with E-state index < -0.39 is 0 Å². The molecule has 0 aliphatic carbocycles. The summed E-state index contributed by atoms with van der Waals surface area (Å²) in [5.74, 6) is 0.187. The van der Waals surface area contributed by atoms with Crippen molar-refractivity contribution in [1.29, 1.82) is 0 Å². The fraction of sp³-hybridized carbons (Fsp3) is 0.600. The predicted octanol–water partition coefficient (Wildman–Crippen LogP) is 1.31. The van der Waals surface area contributed by atoms with E-state index in [1.807, 2.05) is 24.2 Å². The molecular formula is C10H14BrN3O. The van der Waals surface area contributed by atoms with Crippen LogP contribution in [0.3, 0.4) is 0 Å². The van der Waals surface area contributed by atoms with E-state index in [2.05, 4.69) is 21.0 Å². The highest BCUT2D eigenvalue weighted by molar-refractivity contribution is 9.10. The number of amides is 1. The van der Waals surface area contributed by atoms with Crippen LogP contribution in [0.1, 0.15) is 18.5 Å². The summed E-state index contributed by atoms with van der Waals surface area (Å²) < 4.78 is 1.76. The zero-order valence-electron chi connectivity index (χ0n) is 8.69. The number of hydrogen-bond donors (Lipinski definition) is 0. The molecule has 0 spiro atoms. The van der Waals surface area contributed by atoms with Crippen molar-refractivity contribution in [1.82, 2.24) is 14.7 Å². The van der Waals surface area contributed by atoms with Gasteiger partial charge in [-0.25, -0.2) is 0 Å². The Morgan fingerprint density at radius 2 is 2.47 bits per heavy atom. The highest BCUT2D eigenvalue weighted by Gasteiger charge is 2.26. The Labute approximate surface area is 97.4 Å². The minimum absolute atomic E-state index is 0.00466. The van der Waals surface area contributed by atoms with Gasteiger partial charge in [0.25, 0.3) is 0 Å². The maximum absolute atomic E-state index is 11.8. The van der Waals surface area contributed by atoms with E-state index in [0.29, 0.717) is 6.54 Å². The molecule has 0 bridgehead atoms. The van der Waals surface area contributed by atoms with Crippen LogP contribution in [-0.4, -0.2) is 32.0 Å². The molecule has 2 rings (SSSR count). The highest BCUT2D eigenvalue weighted by atomic mass is 79.9. The molecule has 1 aliphatic rings. The molecule has 0 N–H and O–H groups in total. The molecule has 1 unspecified atom stereocenters. The number of halogens is 1. The van der Waals surface area contributed by atoms with E-state index in [4.69, 9.17) is 0 Å². The molecule has 0 aromatic carbocycles. The number of piperidine rings is 1. The molecule has 15 heavy (non-hydrogen) atoms. The standard InChI is InChI=1S/C10H14BrN3O/c1-13-6-4-8(12-13)7-14-5-2-3-9(11)10(14)15/h4,6,9H,2-3,5,7H2,1H3. The lowest BCUT2D eigenvalue weighted by Gasteiger charge is -2.29. The Kier molecular flexibility index (Phi) is 3.09. The lowest BCUT2D eigenvalue weighted by Crippen LogP contribution is -2.41. The number of aromatic nitrogens is 2. The first-order valence-electron chi connectivity index (χ1n) is 5.08. The van der Waals surface area contributed by atoms with Gasteiger partial charge in [-0.1, -0.05) is 15.9 Å². The third-order valence-corrected chi connectivity index (χ3v) is 3.44. The number of nitrogens with zero attached hydrogens (tertiary/aromatic N) is 3. The molecule has 0 radical (unpaired) electrons. The largest absolute Gasteiger partial charge is 0.336 e. The maximum atomic E-state index is 11.8. The second-order valence-electron chi connectivity index (χ2n) is 3.85. The molecule has 1 saturated heterocycles. The van der Waals surface area contributed by atoms with Crippen LogP contribution >= 0.6 is 15.9 Å². The van der Waals surface area contributed by atoms with Gasteiger partial charge in [-0.05, 0) is 18.9 Å². The van der Waals surface area contributed by atoms with Crippen molar-refractivity contribution in [3.8, 4) is 0 Å². The molecule has 1 aromatic rings. The van der Waals surface area contributed by atoms with Gasteiger partial charge >= 0.3 is 0 Å². The van der Waals surface area contributed by atoms with E-state index in [0.717, 1.165) is 25.1 Å². The van der Waals surface area contributed by atoms with Crippen molar-refractivity contribution in [3.05, 3.63) is 18.0 Å². The molecule has 1 fully saturated rings. The van der Waals surface area contributed by atoms with Gasteiger partial charge in [0, 0.05) is 19.8 Å². The fourth-order valence-corrected chi connectivity index (χ4v) is 2.41. The number of alkyl halides is 1. The number of carbonyl (C=O) groups is 1. The number of aryl methyl sites for hydroxylation is 1. The first-order chi connectivity index (χ1) is 7.16. The zero-order valence-corrected chi connectivity index (χ0v) is 10.3. The van der Waals surface area contributed by atoms with E-state index >= 15 is 0 Å². The monoisotopic (exact) mass is 271 g/mol. The van der Waals surface area contributed by atoms with E-state index in [1.165, 1.54) is 0 Å². The van der Waals surface area contributed by atoms with Gasteiger partial charge in [-0.2, -0.15) is 5.10 Å². The number of rotatable bonds is 2. The average Bonchev–Trinajstić information content (AvgIpc) is 2.59. The minimum Gasteiger partial charge on any atom is -0.336 e. The van der Waals surface area contributed by atoms with Gasteiger partial charge in [0.05, 0.1) is 17.1 Å². The van der Waals surface area contributed by atoms with Crippen LogP contribution in [0.25, 0.3) is 0 Å². The molecule has 4 nitrogen and oxygen atoms in total. The maximum Gasteiger partial charge on any atom is 0.236 e. The summed E-state index contributed by atoms with van der Waals surface area (Å²) in [5, 5.41) is 4.27. The minimum atomic E-state index is -0.00466. The van der Waals surface area contributed by atoms with Gasteiger partial charge in [0.1, 0.15) is 0 Å². The second kappa shape index (κ2) is 4.35. The zero-order chi connectivity index (χ0) is 10.8. The van der Waals surface area contributed by atoms with Crippen molar-refractivity contribution >= 4 is 21.8 Å². The number of likely N-dealkylation sites (tertiary alicyclic amines) is 1. The molecule has 1 amide bonds. The summed E-state index contributed by atoms with van der Waals surface area (Å²) in [6.45, 7) is 1.47. The molecule has 1 atom stereocenters. The first kappa shape index (κ1) is 10.7. The van der Waals surface area contributed by atoms with E-state index in [1.54, 1.807) is 4.68 Å². The van der Waals surface area contributed by atoms with Crippen LogP contribution in [0, 0.1) is 0 Å². The Balaban J connectivity index is 2.02. The number of hydrogen-bond acceptors (Lipinski definition) is 2. The van der Waals surface area contributed by atoms with Crippen molar-refractivity contribution in [2.75, 3.05) is 6.54 Å². The summed E-state index contributed by atoms with van der Waals surface area (Å²) in [6.07, 6.45) is 3.90. The first-order valence-corrected chi connectivity index (χ1v) is 6.00. The van der Waals surface area contributed by atoms with Crippen molar-refractivity contribution in [2.24, 2.45) is 7.05 Å². The molecule has 1 aromatic heterocycles. The third-order valence-electron chi connectivity index (χ3n) is 2.59. The lowest BCUT2D eigenvalue weighted by molar-refractivity contribution is -0.133. The normalized spacial score (nSPS) is 22.1. The smallest absolute Gasteiger partial charge is 0.236 e. The lowest BCUT2D eigenvalue weighted by atomic mass is 10.1. The average molecular weight is 272 g/mol. The van der Waals surface area contributed by atoms with Gasteiger partial charge < -0.3 is 4.90 Å². The predicted molar refractivity (Wildman–Crippen MR) is 60.6 cm³/mol. The summed E-state index contributed by atoms with van der Waals surface area (Å²) in [4.78, 5) is 13.6. The Morgan fingerprint density at radius 1 is 1.67 bits per heavy atom. The van der Waals surface area contributed by atoms with E-state index in [9.17, 15) is 4.79 Å². The van der Waals surface area contributed by atoms with Gasteiger partial charge in [-0.3, -0.25) is 9.48 Å². The topological polar surface area (TPSA) is 38.1 Å². The van der Waals surface area contributed by atoms with Crippen molar-refractivity contribution in [3.63, 3.8) is 0 Å². The second-order valence-corrected chi connectivity index (χ2v) is 4.96. The highest BCUT2D eigenvalue weighted by Crippen LogP contribution is 2.19. The SMILES string of the molecule is Cn1ccc(CN2CCCC(Br)C2=O)n1. The quantitative estimate of drug-likeness (QED) is 0.761. The van der Waals surface area contributed by atoms with Crippen LogP contribution < -0.4 is 0 Å². The molecule has 5 heteroatoms. The van der Waals surface area contributed by atoms with Crippen LogP contribution in [0.5, 0.6) is 0 Å². The molecule has 0 saturated carbocycles. The Hall–Kier alpha value is -0.840.